The third-order valence-electron chi connectivity index (χ3n) is 1.29. The van der Waals surface area contributed by atoms with Crippen LogP contribution in [-0.4, -0.2) is 9.78 Å². The summed E-state index contributed by atoms with van der Waals surface area (Å²) in [6.45, 7) is 5.05. The van der Waals surface area contributed by atoms with Crippen LogP contribution in [0.1, 0.15) is 13.8 Å². The van der Waals surface area contributed by atoms with Crippen LogP contribution in [0.4, 0.5) is 0 Å². The molecule has 1 aromatic heterocycles. The van der Waals surface area contributed by atoms with Crippen molar-refractivity contribution in [3.63, 3.8) is 0 Å². The summed E-state index contributed by atoms with van der Waals surface area (Å²) in [5.74, 6) is 0.546. The normalized spacial score (nSPS) is 10.9. The fourth-order valence-electron chi connectivity index (χ4n) is 0.903. The number of hydrogen-bond donors (Lipinski definition) is 1. The molecule has 0 aromatic carbocycles. The summed E-state index contributed by atoms with van der Waals surface area (Å²) in [4.78, 5) is 10.9. The minimum absolute atomic E-state index is 0.0642. The maximum atomic E-state index is 10.9. The zero-order chi connectivity index (χ0) is 8.43. The summed E-state index contributed by atoms with van der Waals surface area (Å²) < 4.78 is 2.38. The van der Waals surface area contributed by atoms with E-state index in [1.807, 2.05) is 0 Å². The van der Waals surface area contributed by atoms with E-state index in [0.717, 1.165) is 6.54 Å². The number of aromatic nitrogens is 2. The van der Waals surface area contributed by atoms with E-state index in [1.165, 1.54) is 0 Å². The monoisotopic (exact) mass is 218 g/mol. The Bertz CT molecular complexity index is 287. The molecule has 0 aliphatic heterocycles. The number of nitrogens with one attached hydrogen (secondary N) is 1. The van der Waals surface area contributed by atoms with E-state index < -0.39 is 0 Å². The molecule has 4 heteroatoms. The number of rotatable bonds is 2. The lowest BCUT2D eigenvalue weighted by Crippen LogP contribution is -2.09. The first-order chi connectivity index (χ1) is 5.09. The SMILES string of the molecule is CC(C)Cn1cc(Br)c(=O)[nH]1. The van der Waals surface area contributed by atoms with Gasteiger partial charge in [-0.3, -0.25) is 14.6 Å². The maximum absolute atomic E-state index is 10.9. The summed E-state index contributed by atoms with van der Waals surface area (Å²) in [5.41, 5.74) is -0.0642. The Balaban J connectivity index is 2.81. The molecular weight excluding hydrogens is 208 g/mol. The summed E-state index contributed by atoms with van der Waals surface area (Å²) in [6.07, 6.45) is 1.77. The molecule has 1 aromatic rings. The first-order valence-corrected chi connectivity index (χ1v) is 4.34. The van der Waals surface area contributed by atoms with Crippen molar-refractivity contribution >= 4 is 15.9 Å². The predicted molar refractivity (Wildman–Crippen MR) is 47.6 cm³/mol. The number of halogens is 1. The highest BCUT2D eigenvalue weighted by Gasteiger charge is 2.00. The van der Waals surface area contributed by atoms with E-state index in [2.05, 4.69) is 34.9 Å². The first-order valence-electron chi connectivity index (χ1n) is 3.54. The van der Waals surface area contributed by atoms with E-state index in [4.69, 9.17) is 0 Å². The smallest absolute Gasteiger partial charge is 0.278 e. The number of H-pyrrole nitrogens is 1. The molecule has 11 heavy (non-hydrogen) atoms. The molecule has 0 aliphatic rings. The van der Waals surface area contributed by atoms with Crippen molar-refractivity contribution in [3.8, 4) is 0 Å². The van der Waals surface area contributed by atoms with Crippen molar-refractivity contribution in [1.82, 2.24) is 9.78 Å². The topological polar surface area (TPSA) is 37.8 Å². The van der Waals surface area contributed by atoms with Crippen LogP contribution >= 0.6 is 15.9 Å². The maximum Gasteiger partial charge on any atom is 0.278 e. The lowest BCUT2D eigenvalue weighted by atomic mass is 10.2. The lowest BCUT2D eigenvalue weighted by Gasteiger charge is -2.03. The van der Waals surface area contributed by atoms with Crippen LogP contribution in [0.3, 0.4) is 0 Å². The summed E-state index contributed by atoms with van der Waals surface area (Å²) >= 11 is 3.14. The zero-order valence-corrected chi connectivity index (χ0v) is 8.18. The molecule has 0 radical (unpaired) electrons. The van der Waals surface area contributed by atoms with Crippen LogP contribution in [0.15, 0.2) is 15.5 Å². The zero-order valence-electron chi connectivity index (χ0n) is 6.60. The van der Waals surface area contributed by atoms with Gasteiger partial charge in [-0.2, -0.15) is 0 Å². The lowest BCUT2D eigenvalue weighted by molar-refractivity contribution is 0.481. The highest BCUT2D eigenvalue weighted by Crippen LogP contribution is 2.02. The van der Waals surface area contributed by atoms with Crippen LogP contribution in [0.5, 0.6) is 0 Å². The summed E-state index contributed by atoms with van der Waals surface area (Å²) in [7, 11) is 0. The Kier molecular flexibility index (Phi) is 2.54. The molecule has 0 fully saturated rings. The van der Waals surface area contributed by atoms with Gasteiger partial charge in [0.25, 0.3) is 5.56 Å². The van der Waals surface area contributed by atoms with Crippen LogP contribution in [0.2, 0.25) is 0 Å². The highest BCUT2D eigenvalue weighted by molar-refractivity contribution is 9.10. The predicted octanol–water partition coefficient (Wildman–Crippen LogP) is 1.59. The van der Waals surface area contributed by atoms with Gasteiger partial charge in [-0.1, -0.05) is 13.8 Å². The average Bonchev–Trinajstić information content (AvgIpc) is 2.10. The quantitative estimate of drug-likeness (QED) is 0.805. The summed E-state index contributed by atoms with van der Waals surface area (Å²) in [5, 5.41) is 2.69. The van der Waals surface area contributed by atoms with Gasteiger partial charge in [-0.25, -0.2) is 0 Å². The summed E-state index contributed by atoms with van der Waals surface area (Å²) in [6, 6.07) is 0. The number of hydrogen-bond acceptors (Lipinski definition) is 1. The van der Waals surface area contributed by atoms with Gasteiger partial charge >= 0.3 is 0 Å². The van der Waals surface area contributed by atoms with Crippen LogP contribution in [-0.2, 0) is 6.54 Å². The molecule has 0 spiro atoms. The van der Waals surface area contributed by atoms with Crippen LogP contribution < -0.4 is 5.56 Å². The Hall–Kier alpha value is -0.510. The van der Waals surface area contributed by atoms with Gasteiger partial charge in [0.2, 0.25) is 0 Å². The van der Waals surface area contributed by atoms with Gasteiger partial charge in [-0.05, 0) is 21.8 Å². The van der Waals surface area contributed by atoms with E-state index in [-0.39, 0.29) is 5.56 Å². The number of nitrogens with zero attached hydrogens (tertiary/aromatic N) is 1. The Morgan fingerprint density at radius 3 is 2.73 bits per heavy atom. The van der Waals surface area contributed by atoms with E-state index in [9.17, 15) is 4.79 Å². The second-order valence-corrected chi connectivity index (χ2v) is 3.82. The molecule has 0 atom stereocenters. The molecule has 1 rings (SSSR count). The van der Waals surface area contributed by atoms with Gasteiger partial charge in [0, 0.05) is 12.7 Å². The molecular formula is C7H11BrN2O. The Morgan fingerprint density at radius 2 is 2.36 bits per heavy atom. The van der Waals surface area contributed by atoms with Crippen molar-refractivity contribution in [1.29, 1.82) is 0 Å². The van der Waals surface area contributed by atoms with Crippen molar-refractivity contribution in [3.05, 3.63) is 21.0 Å². The Morgan fingerprint density at radius 1 is 1.73 bits per heavy atom. The van der Waals surface area contributed by atoms with Gasteiger partial charge in [-0.15, -0.1) is 0 Å². The largest absolute Gasteiger partial charge is 0.291 e. The third-order valence-corrected chi connectivity index (χ3v) is 1.86. The molecule has 0 saturated carbocycles. The molecule has 0 amide bonds. The molecule has 62 valence electrons. The number of aromatic amines is 1. The van der Waals surface area contributed by atoms with Gasteiger partial charge in [0.05, 0.1) is 0 Å². The molecule has 1 N–H and O–H groups in total. The third kappa shape index (κ3) is 2.22. The molecule has 1 heterocycles. The fourth-order valence-corrected chi connectivity index (χ4v) is 1.24. The molecule has 0 bridgehead atoms. The van der Waals surface area contributed by atoms with E-state index in [0.29, 0.717) is 10.4 Å². The minimum atomic E-state index is -0.0642. The second-order valence-electron chi connectivity index (χ2n) is 2.96. The van der Waals surface area contributed by atoms with Crippen molar-refractivity contribution in [2.75, 3.05) is 0 Å². The Labute approximate surface area is 73.5 Å². The fraction of sp³-hybridized carbons (Fsp3) is 0.571. The van der Waals surface area contributed by atoms with E-state index >= 15 is 0 Å². The molecule has 0 aliphatic carbocycles. The molecule has 3 nitrogen and oxygen atoms in total. The van der Waals surface area contributed by atoms with Gasteiger partial charge < -0.3 is 0 Å². The van der Waals surface area contributed by atoms with E-state index in [1.54, 1.807) is 10.9 Å². The van der Waals surface area contributed by atoms with Crippen molar-refractivity contribution in [2.24, 2.45) is 5.92 Å². The highest BCUT2D eigenvalue weighted by atomic mass is 79.9. The molecule has 0 saturated heterocycles. The van der Waals surface area contributed by atoms with Crippen LogP contribution in [0, 0.1) is 5.92 Å². The van der Waals surface area contributed by atoms with Gasteiger partial charge in [0.15, 0.2) is 0 Å². The second kappa shape index (κ2) is 3.26. The molecule has 0 unspecified atom stereocenters. The van der Waals surface area contributed by atoms with Crippen molar-refractivity contribution in [2.45, 2.75) is 20.4 Å². The average molecular weight is 219 g/mol. The van der Waals surface area contributed by atoms with Gasteiger partial charge in [0.1, 0.15) is 4.47 Å². The standard InChI is InChI=1S/C7H11BrN2O/c1-5(2)3-10-4-6(8)7(11)9-10/h4-5H,3H2,1-2H3,(H,9,11). The van der Waals surface area contributed by atoms with Crippen LogP contribution in [0.25, 0.3) is 0 Å². The first kappa shape index (κ1) is 8.59. The van der Waals surface area contributed by atoms with Crippen molar-refractivity contribution < 1.29 is 0 Å². The minimum Gasteiger partial charge on any atom is -0.291 e.